The van der Waals surface area contributed by atoms with Crippen LogP contribution in [0.1, 0.15) is 26.7 Å². The summed E-state index contributed by atoms with van der Waals surface area (Å²) < 4.78 is 5.51. The molecule has 19 heavy (non-hydrogen) atoms. The Kier molecular flexibility index (Phi) is 4.54. The Balaban J connectivity index is 1.83. The molecule has 1 saturated heterocycles. The average molecular weight is 264 g/mol. The molecule has 1 aliphatic heterocycles. The van der Waals surface area contributed by atoms with Crippen molar-refractivity contribution in [2.24, 2.45) is 5.92 Å². The first-order chi connectivity index (χ1) is 9.13. The highest BCUT2D eigenvalue weighted by Crippen LogP contribution is 2.12. The number of anilines is 1. The number of ether oxygens (including phenoxy) is 1. The van der Waals surface area contributed by atoms with E-state index >= 15 is 0 Å². The molecule has 0 aliphatic carbocycles. The fourth-order valence-electron chi connectivity index (χ4n) is 1.81. The zero-order chi connectivity index (χ0) is 13.7. The molecule has 104 valence electrons. The van der Waals surface area contributed by atoms with Gasteiger partial charge in [0.1, 0.15) is 5.82 Å². The van der Waals surface area contributed by atoms with E-state index in [1.807, 2.05) is 0 Å². The van der Waals surface area contributed by atoms with Gasteiger partial charge in [0, 0.05) is 19.0 Å². The van der Waals surface area contributed by atoms with Gasteiger partial charge < -0.3 is 15.4 Å². The molecule has 1 amide bonds. The van der Waals surface area contributed by atoms with E-state index < -0.39 is 0 Å². The molecule has 6 nitrogen and oxygen atoms in total. The minimum Gasteiger partial charge on any atom is -0.476 e. The number of hydrogen-bond acceptors (Lipinski definition) is 5. The van der Waals surface area contributed by atoms with Gasteiger partial charge in [-0.2, -0.15) is 4.98 Å². The smallest absolute Gasteiger partial charge is 0.234 e. The lowest BCUT2D eigenvalue weighted by molar-refractivity contribution is -0.119. The molecule has 1 aromatic rings. The summed E-state index contributed by atoms with van der Waals surface area (Å²) in [5.41, 5.74) is 0. The van der Waals surface area contributed by atoms with Crippen molar-refractivity contribution in [2.75, 3.05) is 18.5 Å². The molecule has 1 fully saturated rings. The van der Waals surface area contributed by atoms with E-state index in [4.69, 9.17) is 4.74 Å². The Bertz CT molecular complexity index is 436. The van der Waals surface area contributed by atoms with E-state index in [1.54, 1.807) is 12.4 Å². The monoisotopic (exact) mass is 264 g/mol. The predicted octanol–water partition coefficient (Wildman–Crippen LogP) is 1.20. The molecule has 2 heterocycles. The Labute approximate surface area is 113 Å². The summed E-state index contributed by atoms with van der Waals surface area (Å²) in [6.07, 6.45) is 4.72. The van der Waals surface area contributed by atoms with Crippen LogP contribution in [0.15, 0.2) is 12.4 Å². The van der Waals surface area contributed by atoms with Crippen molar-refractivity contribution in [3.05, 3.63) is 12.4 Å². The number of nitrogens with zero attached hydrogens (tertiary/aromatic N) is 2. The van der Waals surface area contributed by atoms with Gasteiger partial charge in [-0.05, 0) is 12.3 Å². The van der Waals surface area contributed by atoms with Crippen LogP contribution in [-0.4, -0.2) is 35.1 Å². The average Bonchev–Trinajstić information content (AvgIpc) is 2.80. The number of hydrogen-bond donors (Lipinski definition) is 2. The van der Waals surface area contributed by atoms with Crippen LogP contribution in [0.2, 0.25) is 0 Å². The highest BCUT2D eigenvalue weighted by Gasteiger charge is 2.20. The molecule has 0 unspecified atom stereocenters. The van der Waals surface area contributed by atoms with Crippen LogP contribution in [-0.2, 0) is 4.79 Å². The van der Waals surface area contributed by atoms with Crippen LogP contribution in [0, 0.1) is 5.92 Å². The Morgan fingerprint density at radius 3 is 3.05 bits per heavy atom. The van der Waals surface area contributed by atoms with Crippen molar-refractivity contribution in [3.63, 3.8) is 0 Å². The molecule has 2 rings (SSSR count). The topological polar surface area (TPSA) is 76.1 Å². The number of rotatable bonds is 6. The second kappa shape index (κ2) is 6.36. The second-order valence-electron chi connectivity index (χ2n) is 5.13. The van der Waals surface area contributed by atoms with E-state index in [2.05, 4.69) is 34.4 Å². The predicted molar refractivity (Wildman–Crippen MR) is 72.0 cm³/mol. The van der Waals surface area contributed by atoms with Gasteiger partial charge in [-0.15, -0.1) is 0 Å². The van der Waals surface area contributed by atoms with Gasteiger partial charge in [0.15, 0.2) is 0 Å². The second-order valence-corrected chi connectivity index (χ2v) is 5.13. The third-order valence-corrected chi connectivity index (χ3v) is 2.79. The van der Waals surface area contributed by atoms with E-state index in [9.17, 15) is 4.79 Å². The van der Waals surface area contributed by atoms with Gasteiger partial charge >= 0.3 is 0 Å². The van der Waals surface area contributed by atoms with E-state index in [-0.39, 0.29) is 11.9 Å². The van der Waals surface area contributed by atoms with Gasteiger partial charge in [0.05, 0.1) is 19.0 Å². The summed E-state index contributed by atoms with van der Waals surface area (Å²) >= 11 is 0. The molecule has 1 atom stereocenters. The standard InChI is InChI=1S/C13H20N4O2/c1-9(2)8-19-13-7-14-6-11(17-13)15-5-10-3-4-12(18)16-10/h6-7,9-10H,3-5,8H2,1-2H3,(H,15,17)(H,16,18)/t10-/m0/s1. The van der Waals surface area contributed by atoms with Gasteiger partial charge in [-0.1, -0.05) is 13.8 Å². The maximum absolute atomic E-state index is 11.1. The summed E-state index contributed by atoms with van der Waals surface area (Å²) in [5, 5.41) is 6.06. The van der Waals surface area contributed by atoms with Crippen LogP contribution in [0.25, 0.3) is 0 Å². The number of amides is 1. The number of nitrogens with one attached hydrogen (secondary N) is 2. The van der Waals surface area contributed by atoms with Crippen LogP contribution < -0.4 is 15.4 Å². The number of carbonyl (C=O) groups excluding carboxylic acids is 1. The fourth-order valence-corrected chi connectivity index (χ4v) is 1.81. The minimum absolute atomic E-state index is 0.118. The van der Waals surface area contributed by atoms with E-state index in [0.29, 0.717) is 37.2 Å². The van der Waals surface area contributed by atoms with Crippen molar-refractivity contribution in [2.45, 2.75) is 32.7 Å². The maximum atomic E-state index is 11.1. The van der Waals surface area contributed by atoms with E-state index in [0.717, 1.165) is 6.42 Å². The van der Waals surface area contributed by atoms with Crippen molar-refractivity contribution < 1.29 is 9.53 Å². The van der Waals surface area contributed by atoms with Crippen LogP contribution >= 0.6 is 0 Å². The summed E-state index contributed by atoms with van der Waals surface area (Å²) in [5.74, 6) is 1.76. The van der Waals surface area contributed by atoms with Gasteiger partial charge in [0.2, 0.25) is 11.8 Å². The third kappa shape index (κ3) is 4.39. The first-order valence-electron chi connectivity index (χ1n) is 6.61. The molecule has 0 aromatic carbocycles. The number of carbonyl (C=O) groups is 1. The molecule has 0 saturated carbocycles. The summed E-state index contributed by atoms with van der Waals surface area (Å²) in [6.45, 7) is 5.45. The largest absolute Gasteiger partial charge is 0.476 e. The number of aromatic nitrogens is 2. The zero-order valence-electron chi connectivity index (χ0n) is 11.3. The molecule has 2 N–H and O–H groups in total. The van der Waals surface area contributed by atoms with Crippen molar-refractivity contribution in [3.8, 4) is 5.88 Å². The molecule has 0 bridgehead atoms. The maximum Gasteiger partial charge on any atom is 0.234 e. The van der Waals surface area contributed by atoms with E-state index in [1.165, 1.54) is 0 Å². The Morgan fingerprint density at radius 1 is 1.53 bits per heavy atom. The molecule has 6 heteroatoms. The molecule has 1 aliphatic rings. The summed E-state index contributed by atoms with van der Waals surface area (Å²) in [7, 11) is 0. The zero-order valence-corrected chi connectivity index (χ0v) is 11.3. The Hall–Kier alpha value is -1.85. The molecule has 0 radical (unpaired) electrons. The van der Waals surface area contributed by atoms with Crippen LogP contribution in [0.5, 0.6) is 5.88 Å². The SMILES string of the molecule is CC(C)COc1cncc(NC[C@@H]2CCC(=O)N2)n1. The molecule has 0 spiro atoms. The van der Waals surface area contributed by atoms with Gasteiger partial charge in [-0.3, -0.25) is 9.78 Å². The Morgan fingerprint density at radius 2 is 2.37 bits per heavy atom. The van der Waals surface area contributed by atoms with Crippen molar-refractivity contribution in [1.82, 2.24) is 15.3 Å². The molecule has 1 aromatic heterocycles. The first kappa shape index (κ1) is 13.6. The van der Waals surface area contributed by atoms with Crippen molar-refractivity contribution >= 4 is 11.7 Å². The third-order valence-electron chi connectivity index (χ3n) is 2.79. The molecular weight excluding hydrogens is 244 g/mol. The summed E-state index contributed by atoms with van der Waals surface area (Å²) in [6, 6.07) is 0.175. The van der Waals surface area contributed by atoms with Gasteiger partial charge in [-0.25, -0.2) is 0 Å². The lowest BCUT2D eigenvalue weighted by Gasteiger charge is -2.12. The van der Waals surface area contributed by atoms with Crippen molar-refractivity contribution in [1.29, 1.82) is 0 Å². The fraction of sp³-hybridized carbons (Fsp3) is 0.615. The van der Waals surface area contributed by atoms with Crippen LogP contribution in [0.4, 0.5) is 5.82 Å². The quantitative estimate of drug-likeness (QED) is 0.807. The molecular formula is C13H20N4O2. The normalized spacial score (nSPS) is 18.5. The lowest BCUT2D eigenvalue weighted by Crippen LogP contribution is -2.32. The summed E-state index contributed by atoms with van der Waals surface area (Å²) in [4.78, 5) is 19.5. The lowest BCUT2D eigenvalue weighted by atomic mass is 10.2. The van der Waals surface area contributed by atoms with Gasteiger partial charge in [0.25, 0.3) is 0 Å². The first-order valence-corrected chi connectivity index (χ1v) is 6.61. The van der Waals surface area contributed by atoms with Crippen LogP contribution in [0.3, 0.4) is 0 Å². The highest BCUT2D eigenvalue weighted by molar-refractivity contribution is 5.78. The highest BCUT2D eigenvalue weighted by atomic mass is 16.5. The minimum atomic E-state index is 0.118.